The second kappa shape index (κ2) is 6.22. The van der Waals surface area contributed by atoms with E-state index in [0.717, 1.165) is 31.2 Å². The Bertz CT molecular complexity index is 777. The number of anilines is 1. The van der Waals surface area contributed by atoms with E-state index >= 15 is 0 Å². The normalized spacial score (nSPS) is 16.2. The van der Waals surface area contributed by atoms with E-state index in [1.54, 1.807) is 0 Å². The van der Waals surface area contributed by atoms with Gasteiger partial charge in [-0.2, -0.15) is 0 Å². The first-order valence-electron chi connectivity index (χ1n) is 8.32. The molecule has 1 aromatic heterocycles. The minimum atomic E-state index is -0.538. The van der Waals surface area contributed by atoms with Crippen LogP contribution in [0.1, 0.15) is 57.4 Å². The fourth-order valence-corrected chi connectivity index (χ4v) is 3.52. The van der Waals surface area contributed by atoms with E-state index in [2.05, 4.69) is 10.3 Å². The monoisotopic (exact) mass is 318 g/mol. The highest BCUT2D eigenvalue weighted by atomic mass is 19.1. The summed E-state index contributed by atoms with van der Waals surface area (Å²) in [7, 11) is 0. The molecule has 1 heterocycles. The molecule has 0 spiro atoms. The smallest absolute Gasteiger partial charge is 0.231 e. The first-order chi connectivity index (χ1) is 11.0. The van der Waals surface area contributed by atoms with E-state index in [4.69, 9.17) is 0 Å². The van der Waals surface area contributed by atoms with Crippen LogP contribution in [0.2, 0.25) is 0 Å². The van der Waals surface area contributed by atoms with Crippen molar-refractivity contribution in [2.24, 2.45) is 0 Å². The highest BCUT2D eigenvalue weighted by Crippen LogP contribution is 2.35. The van der Waals surface area contributed by atoms with Crippen molar-refractivity contribution in [2.75, 3.05) is 5.32 Å². The third-order valence-corrected chi connectivity index (χ3v) is 4.68. The molecule has 0 bridgehead atoms. The molecule has 3 N–H and O–H groups in total. The van der Waals surface area contributed by atoms with Gasteiger partial charge in [-0.1, -0.05) is 33.1 Å². The van der Waals surface area contributed by atoms with Gasteiger partial charge in [0.25, 0.3) is 0 Å². The number of hydrogen-bond acceptors (Lipinski definition) is 3. The lowest BCUT2D eigenvalue weighted by Gasteiger charge is -2.27. The summed E-state index contributed by atoms with van der Waals surface area (Å²) in [5.41, 5.74) is 1.31. The Labute approximate surface area is 134 Å². The molecule has 1 saturated carbocycles. The van der Waals surface area contributed by atoms with Crippen molar-refractivity contribution in [2.45, 2.75) is 57.9 Å². The summed E-state index contributed by atoms with van der Waals surface area (Å²) in [6, 6.07) is 1.50. The Morgan fingerprint density at radius 1 is 1.30 bits per heavy atom. The molecule has 0 amide bonds. The lowest BCUT2D eigenvalue weighted by molar-refractivity contribution is 0.460. The summed E-state index contributed by atoms with van der Waals surface area (Å²) in [5.74, 6) is -0.776. The Morgan fingerprint density at radius 3 is 2.65 bits per heavy atom. The van der Waals surface area contributed by atoms with Gasteiger partial charge in [-0.25, -0.2) is 4.39 Å². The number of fused-ring (bicyclic) bond motifs is 1. The number of halogens is 1. The highest BCUT2D eigenvalue weighted by molar-refractivity contribution is 5.88. The summed E-state index contributed by atoms with van der Waals surface area (Å²) >= 11 is 0. The molecule has 4 nitrogen and oxygen atoms in total. The number of H-pyrrole nitrogens is 1. The lowest BCUT2D eigenvalue weighted by Crippen LogP contribution is -2.24. The standard InChI is InChI=1S/C18H23FN2O2/c1-10(2)15-16-12(18(23)14(22)9-20-16)8-13(19)17(15)21-11-6-4-3-5-7-11/h8-11,21-22H,3-7H2,1-2H3,(H,20,23). The van der Waals surface area contributed by atoms with Crippen LogP contribution in [0, 0.1) is 5.82 Å². The van der Waals surface area contributed by atoms with Crippen molar-refractivity contribution >= 4 is 16.6 Å². The molecule has 0 radical (unpaired) electrons. The zero-order valence-electron chi connectivity index (χ0n) is 13.6. The van der Waals surface area contributed by atoms with Crippen LogP contribution in [0.25, 0.3) is 10.9 Å². The van der Waals surface area contributed by atoms with Gasteiger partial charge in [0.2, 0.25) is 5.43 Å². The van der Waals surface area contributed by atoms with Crippen molar-refractivity contribution in [3.05, 3.63) is 33.9 Å². The van der Waals surface area contributed by atoms with Gasteiger partial charge in [0.15, 0.2) is 5.75 Å². The number of aromatic amines is 1. The fourth-order valence-electron chi connectivity index (χ4n) is 3.52. The van der Waals surface area contributed by atoms with E-state index in [1.165, 1.54) is 18.7 Å². The van der Waals surface area contributed by atoms with E-state index in [1.807, 2.05) is 13.8 Å². The predicted octanol–water partition coefficient (Wildman–Crippen LogP) is 4.24. The number of nitrogens with one attached hydrogen (secondary N) is 2. The number of aromatic nitrogens is 1. The molecular weight excluding hydrogens is 295 g/mol. The largest absolute Gasteiger partial charge is 0.503 e. The van der Waals surface area contributed by atoms with Crippen molar-refractivity contribution in [3.8, 4) is 5.75 Å². The lowest BCUT2D eigenvalue weighted by atomic mass is 9.92. The molecule has 0 atom stereocenters. The average Bonchev–Trinajstić information content (AvgIpc) is 2.53. The first kappa shape index (κ1) is 15.8. The van der Waals surface area contributed by atoms with Gasteiger partial charge in [-0.15, -0.1) is 0 Å². The average molecular weight is 318 g/mol. The molecule has 0 aliphatic heterocycles. The van der Waals surface area contributed by atoms with Crippen LogP contribution in [0.4, 0.5) is 10.1 Å². The molecule has 1 aromatic carbocycles. The predicted molar refractivity (Wildman–Crippen MR) is 90.8 cm³/mol. The summed E-state index contributed by atoms with van der Waals surface area (Å²) in [6.45, 7) is 3.96. The Hall–Kier alpha value is -2.04. The van der Waals surface area contributed by atoms with Gasteiger partial charge in [-0.3, -0.25) is 4.79 Å². The summed E-state index contributed by atoms with van der Waals surface area (Å²) in [4.78, 5) is 15.1. The van der Waals surface area contributed by atoms with E-state index < -0.39 is 11.2 Å². The molecule has 3 rings (SSSR count). The summed E-state index contributed by atoms with van der Waals surface area (Å²) < 4.78 is 14.7. The maximum Gasteiger partial charge on any atom is 0.231 e. The van der Waals surface area contributed by atoms with Crippen LogP contribution >= 0.6 is 0 Å². The molecule has 23 heavy (non-hydrogen) atoms. The van der Waals surface area contributed by atoms with Crippen LogP contribution in [-0.2, 0) is 0 Å². The number of hydrogen-bond donors (Lipinski definition) is 3. The topological polar surface area (TPSA) is 65.1 Å². The van der Waals surface area contributed by atoms with Gasteiger partial charge >= 0.3 is 0 Å². The molecule has 0 saturated heterocycles. The quantitative estimate of drug-likeness (QED) is 0.793. The molecule has 5 heteroatoms. The maximum absolute atomic E-state index is 14.7. The summed E-state index contributed by atoms with van der Waals surface area (Å²) in [6.07, 6.45) is 6.92. The number of rotatable bonds is 3. The van der Waals surface area contributed by atoms with Gasteiger partial charge in [0.1, 0.15) is 5.82 Å². The molecule has 1 aliphatic carbocycles. The summed E-state index contributed by atoms with van der Waals surface area (Å²) in [5, 5.41) is 13.1. The van der Waals surface area contributed by atoms with Crippen molar-refractivity contribution < 1.29 is 9.50 Å². The van der Waals surface area contributed by atoms with E-state index in [-0.39, 0.29) is 23.1 Å². The highest BCUT2D eigenvalue weighted by Gasteiger charge is 2.22. The minimum Gasteiger partial charge on any atom is -0.503 e. The SMILES string of the molecule is CC(C)c1c(NC2CCCCC2)c(F)cc2c(=O)c(O)c[nH]c12. The van der Waals surface area contributed by atoms with Crippen molar-refractivity contribution in [1.29, 1.82) is 0 Å². The van der Waals surface area contributed by atoms with Gasteiger partial charge < -0.3 is 15.4 Å². The Balaban J connectivity index is 2.16. The van der Waals surface area contributed by atoms with Gasteiger partial charge in [-0.05, 0) is 24.8 Å². The Morgan fingerprint density at radius 2 is 2.00 bits per heavy atom. The molecule has 1 aliphatic rings. The van der Waals surface area contributed by atoms with Crippen LogP contribution in [0.5, 0.6) is 5.75 Å². The van der Waals surface area contributed by atoms with Gasteiger partial charge in [0.05, 0.1) is 16.6 Å². The molecular formula is C18H23FN2O2. The molecule has 1 fully saturated rings. The minimum absolute atomic E-state index is 0.0412. The molecule has 2 aromatic rings. The third kappa shape index (κ3) is 2.92. The van der Waals surface area contributed by atoms with Gasteiger partial charge in [0, 0.05) is 17.8 Å². The number of pyridine rings is 1. The maximum atomic E-state index is 14.7. The number of benzene rings is 1. The van der Waals surface area contributed by atoms with E-state index in [9.17, 15) is 14.3 Å². The van der Waals surface area contributed by atoms with Crippen LogP contribution < -0.4 is 10.7 Å². The molecule has 0 unspecified atom stereocenters. The second-order valence-electron chi connectivity index (χ2n) is 6.71. The van der Waals surface area contributed by atoms with Crippen molar-refractivity contribution in [1.82, 2.24) is 4.98 Å². The van der Waals surface area contributed by atoms with Crippen molar-refractivity contribution in [3.63, 3.8) is 0 Å². The Kier molecular flexibility index (Phi) is 4.28. The van der Waals surface area contributed by atoms with Crippen LogP contribution in [0.3, 0.4) is 0 Å². The zero-order chi connectivity index (χ0) is 16.6. The van der Waals surface area contributed by atoms with Crippen LogP contribution in [0.15, 0.2) is 17.1 Å². The fraction of sp³-hybridized carbons (Fsp3) is 0.500. The second-order valence-corrected chi connectivity index (χ2v) is 6.71. The van der Waals surface area contributed by atoms with Crippen LogP contribution in [-0.4, -0.2) is 16.1 Å². The van der Waals surface area contributed by atoms with E-state index in [0.29, 0.717) is 11.2 Å². The number of aromatic hydroxyl groups is 1. The third-order valence-electron chi connectivity index (χ3n) is 4.68. The first-order valence-corrected chi connectivity index (χ1v) is 8.32. The molecule has 124 valence electrons. The zero-order valence-corrected chi connectivity index (χ0v) is 13.6.